The van der Waals surface area contributed by atoms with Crippen LogP contribution in [0, 0.1) is 0 Å². The summed E-state index contributed by atoms with van der Waals surface area (Å²) in [6, 6.07) is 18.4. The van der Waals surface area contributed by atoms with E-state index in [1.54, 1.807) is 24.3 Å². The van der Waals surface area contributed by atoms with Gasteiger partial charge in [0.25, 0.3) is 5.91 Å². The van der Waals surface area contributed by atoms with Crippen molar-refractivity contribution in [1.29, 1.82) is 0 Å². The minimum Gasteiger partial charge on any atom is -0.484 e. The molecule has 1 amide bonds. The van der Waals surface area contributed by atoms with E-state index >= 15 is 0 Å². The van der Waals surface area contributed by atoms with Gasteiger partial charge in [0.1, 0.15) is 10.8 Å². The van der Waals surface area contributed by atoms with Crippen LogP contribution in [0.15, 0.2) is 65.1 Å². The lowest BCUT2D eigenvalue weighted by Gasteiger charge is -2.13. The molecule has 0 saturated heterocycles. The average molecular weight is 508 g/mol. The maximum atomic E-state index is 12.5. The van der Waals surface area contributed by atoms with Gasteiger partial charge in [-0.1, -0.05) is 51.3 Å². The summed E-state index contributed by atoms with van der Waals surface area (Å²) in [5, 5.41) is 4.36. The molecule has 0 aliphatic carbocycles. The summed E-state index contributed by atoms with van der Waals surface area (Å²) >= 11 is 17.5. The Bertz CT molecular complexity index is 1160. The second-order valence-electron chi connectivity index (χ2n) is 6.09. The van der Waals surface area contributed by atoms with Crippen LogP contribution in [-0.2, 0) is 4.79 Å². The van der Waals surface area contributed by atoms with E-state index in [1.165, 1.54) is 11.3 Å². The SMILES string of the molecule is O=C(COc1ccc(Br)cc1)Nc1c(Cl)cc(Cl)cc1-c1nc2ccccc2s1. The van der Waals surface area contributed by atoms with E-state index in [4.69, 9.17) is 27.9 Å². The standard InChI is InChI=1S/C21H13BrCl2N2O2S/c22-12-5-7-14(8-6-12)28-11-19(27)26-20-15(9-13(23)10-16(20)24)21-25-17-3-1-2-4-18(17)29-21/h1-10H,11H2,(H,26,27). The highest BCUT2D eigenvalue weighted by molar-refractivity contribution is 9.10. The Morgan fingerprint density at radius 3 is 2.62 bits per heavy atom. The monoisotopic (exact) mass is 506 g/mol. The van der Waals surface area contributed by atoms with Crippen molar-refractivity contribution in [1.82, 2.24) is 4.98 Å². The Kier molecular flexibility index (Phi) is 6.06. The number of ether oxygens (including phenoxy) is 1. The molecule has 1 aromatic heterocycles. The number of rotatable bonds is 5. The van der Waals surface area contributed by atoms with Gasteiger partial charge in [-0.2, -0.15) is 0 Å². The van der Waals surface area contributed by atoms with Crippen molar-refractivity contribution < 1.29 is 9.53 Å². The molecule has 0 spiro atoms. The molecule has 146 valence electrons. The van der Waals surface area contributed by atoms with Crippen LogP contribution in [0.1, 0.15) is 0 Å². The molecule has 4 aromatic rings. The maximum Gasteiger partial charge on any atom is 0.262 e. The molecule has 0 aliphatic heterocycles. The normalized spacial score (nSPS) is 10.9. The lowest BCUT2D eigenvalue weighted by atomic mass is 10.2. The van der Waals surface area contributed by atoms with E-state index in [-0.39, 0.29) is 12.5 Å². The Labute approximate surface area is 189 Å². The fourth-order valence-electron chi connectivity index (χ4n) is 2.71. The third-order valence-corrected chi connectivity index (χ3v) is 6.14. The van der Waals surface area contributed by atoms with Gasteiger partial charge >= 0.3 is 0 Å². The third kappa shape index (κ3) is 4.73. The first-order valence-electron chi connectivity index (χ1n) is 8.53. The number of thiazole rings is 1. The Morgan fingerprint density at radius 2 is 1.86 bits per heavy atom. The number of carbonyl (C=O) groups is 1. The molecule has 0 bridgehead atoms. The molecule has 0 saturated carbocycles. The van der Waals surface area contributed by atoms with E-state index in [9.17, 15) is 4.79 Å². The van der Waals surface area contributed by atoms with Crippen molar-refractivity contribution in [2.75, 3.05) is 11.9 Å². The summed E-state index contributed by atoms with van der Waals surface area (Å²) in [6.45, 7) is -0.153. The van der Waals surface area contributed by atoms with Crippen molar-refractivity contribution in [3.8, 4) is 16.3 Å². The van der Waals surface area contributed by atoms with Crippen molar-refractivity contribution >= 4 is 72.3 Å². The number of hydrogen-bond donors (Lipinski definition) is 1. The summed E-state index contributed by atoms with van der Waals surface area (Å²) in [4.78, 5) is 17.1. The molecule has 0 radical (unpaired) electrons. The van der Waals surface area contributed by atoms with Gasteiger partial charge < -0.3 is 10.1 Å². The van der Waals surface area contributed by atoms with Gasteiger partial charge in [-0.25, -0.2) is 4.98 Å². The van der Waals surface area contributed by atoms with Gasteiger partial charge in [0.15, 0.2) is 6.61 Å². The van der Waals surface area contributed by atoms with Crippen molar-refractivity contribution in [3.63, 3.8) is 0 Å². The summed E-state index contributed by atoms with van der Waals surface area (Å²) in [6.07, 6.45) is 0. The van der Waals surface area contributed by atoms with Gasteiger partial charge in [0, 0.05) is 15.1 Å². The average Bonchev–Trinajstić information content (AvgIpc) is 3.13. The highest BCUT2D eigenvalue weighted by Crippen LogP contribution is 2.40. The zero-order valence-electron chi connectivity index (χ0n) is 14.8. The molecule has 0 atom stereocenters. The fourth-order valence-corrected chi connectivity index (χ4v) is 4.51. The van der Waals surface area contributed by atoms with E-state index < -0.39 is 0 Å². The smallest absolute Gasteiger partial charge is 0.262 e. The zero-order chi connectivity index (χ0) is 20.4. The number of fused-ring (bicyclic) bond motifs is 1. The van der Waals surface area contributed by atoms with E-state index in [2.05, 4.69) is 26.2 Å². The minimum absolute atomic E-state index is 0.153. The van der Waals surface area contributed by atoms with Gasteiger partial charge in [-0.15, -0.1) is 11.3 Å². The molecule has 1 N–H and O–H groups in total. The molecule has 3 aromatic carbocycles. The number of aromatic nitrogens is 1. The molecular formula is C21H13BrCl2N2O2S. The molecule has 0 unspecified atom stereocenters. The van der Waals surface area contributed by atoms with Crippen molar-refractivity contribution in [2.45, 2.75) is 0 Å². The van der Waals surface area contributed by atoms with Crippen LogP contribution in [0.25, 0.3) is 20.8 Å². The molecule has 0 aliphatic rings. The fraction of sp³-hybridized carbons (Fsp3) is 0.0476. The number of nitrogens with one attached hydrogen (secondary N) is 1. The van der Waals surface area contributed by atoms with Crippen LogP contribution in [0.4, 0.5) is 5.69 Å². The Morgan fingerprint density at radius 1 is 1.10 bits per heavy atom. The molecule has 0 fully saturated rings. The van der Waals surface area contributed by atoms with Crippen LogP contribution < -0.4 is 10.1 Å². The van der Waals surface area contributed by atoms with Crippen LogP contribution in [0.2, 0.25) is 10.0 Å². The van der Waals surface area contributed by atoms with Gasteiger partial charge in [0.05, 0.1) is 20.9 Å². The van der Waals surface area contributed by atoms with Crippen LogP contribution in [0.5, 0.6) is 5.75 Å². The Hall–Kier alpha value is -2.12. The topological polar surface area (TPSA) is 51.2 Å². The predicted octanol–water partition coefficient (Wildman–Crippen LogP) is 7.05. The first kappa shape index (κ1) is 20.2. The lowest BCUT2D eigenvalue weighted by Crippen LogP contribution is -2.20. The molecule has 4 nitrogen and oxygen atoms in total. The highest BCUT2D eigenvalue weighted by Gasteiger charge is 2.17. The Balaban J connectivity index is 1.59. The zero-order valence-corrected chi connectivity index (χ0v) is 18.7. The van der Waals surface area contributed by atoms with Gasteiger partial charge in [0.2, 0.25) is 0 Å². The number of carbonyl (C=O) groups excluding carboxylic acids is 1. The number of para-hydroxylation sites is 1. The largest absolute Gasteiger partial charge is 0.484 e. The van der Waals surface area contributed by atoms with E-state index in [0.29, 0.717) is 27.0 Å². The summed E-state index contributed by atoms with van der Waals surface area (Å²) < 4.78 is 7.51. The molecule has 1 heterocycles. The number of nitrogens with zero attached hydrogens (tertiary/aromatic N) is 1. The second-order valence-corrected chi connectivity index (χ2v) is 8.88. The molecular weight excluding hydrogens is 495 g/mol. The highest BCUT2D eigenvalue weighted by atomic mass is 79.9. The van der Waals surface area contributed by atoms with E-state index in [1.807, 2.05) is 36.4 Å². The maximum absolute atomic E-state index is 12.5. The first-order valence-corrected chi connectivity index (χ1v) is 10.9. The number of hydrogen-bond acceptors (Lipinski definition) is 4. The molecule has 8 heteroatoms. The molecule has 4 rings (SSSR count). The van der Waals surface area contributed by atoms with Crippen molar-refractivity contribution in [2.24, 2.45) is 0 Å². The van der Waals surface area contributed by atoms with Crippen molar-refractivity contribution in [3.05, 3.63) is 75.2 Å². The predicted molar refractivity (Wildman–Crippen MR) is 123 cm³/mol. The van der Waals surface area contributed by atoms with Gasteiger partial charge in [-0.3, -0.25) is 4.79 Å². The second kappa shape index (κ2) is 8.71. The molecule has 29 heavy (non-hydrogen) atoms. The number of anilines is 1. The van der Waals surface area contributed by atoms with Crippen LogP contribution in [-0.4, -0.2) is 17.5 Å². The number of halogens is 3. The lowest BCUT2D eigenvalue weighted by molar-refractivity contribution is -0.118. The van der Waals surface area contributed by atoms with Gasteiger partial charge in [-0.05, 0) is 48.5 Å². The van der Waals surface area contributed by atoms with Crippen LogP contribution in [0.3, 0.4) is 0 Å². The summed E-state index contributed by atoms with van der Waals surface area (Å²) in [5.74, 6) is 0.261. The van der Waals surface area contributed by atoms with Crippen LogP contribution >= 0.6 is 50.5 Å². The third-order valence-electron chi connectivity index (χ3n) is 4.03. The summed E-state index contributed by atoms with van der Waals surface area (Å²) in [5.41, 5.74) is 2.00. The number of amides is 1. The minimum atomic E-state index is -0.334. The number of benzene rings is 3. The van der Waals surface area contributed by atoms with E-state index in [0.717, 1.165) is 19.7 Å². The quantitative estimate of drug-likeness (QED) is 0.315. The summed E-state index contributed by atoms with van der Waals surface area (Å²) in [7, 11) is 0. The first-order chi connectivity index (χ1) is 14.0.